The molecule has 2 amide bonds. The second-order valence-electron chi connectivity index (χ2n) is 3.68. The van der Waals surface area contributed by atoms with E-state index in [-0.39, 0.29) is 17.6 Å². The minimum absolute atomic E-state index is 0.161. The van der Waals surface area contributed by atoms with Crippen molar-refractivity contribution in [1.82, 2.24) is 10.6 Å². The Balaban J connectivity index is 2.60. The first-order chi connectivity index (χ1) is 8.69. The third-order valence-electron chi connectivity index (χ3n) is 2.33. The highest BCUT2D eigenvalue weighted by Crippen LogP contribution is 2.04. The lowest BCUT2D eigenvalue weighted by atomic mass is 10.2. The summed E-state index contributed by atoms with van der Waals surface area (Å²) in [4.78, 5) is 23.6. The smallest absolute Gasteiger partial charge is 0.287 e. The number of amides is 2. The van der Waals surface area contributed by atoms with Gasteiger partial charge in [-0.05, 0) is 37.5 Å². The van der Waals surface area contributed by atoms with Gasteiger partial charge in [0.05, 0.1) is 6.26 Å². The molecule has 1 rings (SSSR count). The lowest BCUT2D eigenvalue weighted by molar-refractivity contribution is -0.122. The van der Waals surface area contributed by atoms with Crippen LogP contribution in [0, 0.1) is 0 Å². The van der Waals surface area contributed by atoms with E-state index in [0.29, 0.717) is 13.0 Å². The number of carbonyl (C=O) groups is 2. The molecule has 0 bridgehead atoms. The summed E-state index contributed by atoms with van der Waals surface area (Å²) in [6.07, 6.45) is 3.99. The number of hydrogen-bond donors (Lipinski definition) is 2. The fourth-order valence-corrected chi connectivity index (χ4v) is 1.91. The molecule has 1 aromatic heterocycles. The molecule has 100 valence electrons. The molecule has 0 aromatic carbocycles. The summed E-state index contributed by atoms with van der Waals surface area (Å²) in [5.74, 6) is 0.498. The van der Waals surface area contributed by atoms with Crippen LogP contribution in [0.1, 0.15) is 23.9 Å². The summed E-state index contributed by atoms with van der Waals surface area (Å²) in [5.41, 5.74) is 0. The van der Waals surface area contributed by atoms with Gasteiger partial charge in [-0.2, -0.15) is 11.8 Å². The zero-order chi connectivity index (χ0) is 13.4. The van der Waals surface area contributed by atoms with Crippen molar-refractivity contribution in [3.05, 3.63) is 24.2 Å². The molecule has 18 heavy (non-hydrogen) atoms. The minimum atomic E-state index is -0.519. The predicted molar refractivity (Wildman–Crippen MR) is 71.6 cm³/mol. The Morgan fingerprint density at radius 2 is 2.28 bits per heavy atom. The van der Waals surface area contributed by atoms with Crippen molar-refractivity contribution in [2.45, 2.75) is 19.4 Å². The van der Waals surface area contributed by atoms with Gasteiger partial charge >= 0.3 is 0 Å². The quantitative estimate of drug-likeness (QED) is 0.782. The van der Waals surface area contributed by atoms with E-state index in [4.69, 9.17) is 4.42 Å². The normalized spacial score (nSPS) is 11.9. The van der Waals surface area contributed by atoms with Crippen molar-refractivity contribution < 1.29 is 14.0 Å². The van der Waals surface area contributed by atoms with E-state index in [1.807, 2.05) is 13.2 Å². The number of thioether (sulfide) groups is 1. The number of likely N-dealkylation sites (N-methyl/N-ethyl adjacent to an activating group) is 1. The van der Waals surface area contributed by atoms with Crippen LogP contribution in [-0.2, 0) is 4.79 Å². The van der Waals surface area contributed by atoms with E-state index in [0.717, 1.165) is 5.75 Å². The summed E-state index contributed by atoms with van der Waals surface area (Å²) in [6.45, 7) is 2.39. The summed E-state index contributed by atoms with van der Waals surface area (Å²) in [5, 5.41) is 5.39. The standard InChI is InChI=1S/C12H18N2O3S/c1-3-13-11(15)9(6-8-18-2)14-12(16)10-5-4-7-17-10/h4-5,7,9H,3,6,8H2,1-2H3,(H,13,15)(H,14,16). The SMILES string of the molecule is CCNC(=O)C(CCSC)NC(=O)c1ccco1. The van der Waals surface area contributed by atoms with Crippen LogP contribution in [0.2, 0.25) is 0 Å². The molecule has 0 spiro atoms. The van der Waals surface area contributed by atoms with Crippen molar-refractivity contribution in [1.29, 1.82) is 0 Å². The van der Waals surface area contributed by atoms with Gasteiger partial charge in [-0.1, -0.05) is 0 Å². The molecule has 0 aliphatic heterocycles. The third kappa shape index (κ3) is 4.44. The van der Waals surface area contributed by atoms with Crippen LogP contribution in [0.4, 0.5) is 0 Å². The van der Waals surface area contributed by atoms with Gasteiger partial charge in [0.25, 0.3) is 5.91 Å². The van der Waals surface area contributed by atoms with E-state index >= 15 is 0 Å². The fraction of sp³-hybridized carbons (Fsp3) is 0.500. The summed E-state index contributed by atoms with van der Waals surface area (Å²) < 4.78 is 4.99. The first-order valence-corrected chi connectivity index (χ1v) is 7.19. The highest BCUT2D eigenvalue weighted by molar-refractivity contribution is 7.98. The van der Waals surface area contributed by atoms with Gasteiger partial charge < -0.3 is 15.1 Å². The van der Waals surface area contributed by atoms with E-state index in [1.54, 1.807) is 23.9 Å². The van der Waals surface area contributed by atoms with Crippen LogP contribution in [0.25, 0.3) is 0 Å². The summed E-state index contributed by atoms with van der Waals surface area (Å²) >= 11 is 1.64. The van der Waals surface area contributed by atoms with Crippen molar-refractivity contribution >= 4 is 23.6 Å². The Bertz CT molecular complexity index is 379. The second-order valence-corrected chi connectivity index (χ2v) is 4.67. The maximum absolute atomic E-state index is 11.8. The van der Waals surface area contributed by atoms with Gasteiger partial charge in [-0.25, -0.2) is 0 Å². The van der Waals surface area contributed by atoms with Crippen molar-refractivity contribution in [2.75, 3.05) is 18.6 Å². The predicted octanol–water partition coefficient (Wildman–Crippen LogP) is 1.27. The number of rotatable bonds is 7. The van der Waals surface area contributed by atoms with Crippen LogP contribution in [-0.4, -0.2) is 36.4 Å². The molecule has 0 saturated heterocycles. The van der Waals surface area contributed by atoms with Crippen molar-refractivity contribution in [3.8, 4) is 0 Å². The van der Waals surface area contributed by atoms with Crippen LogP contribution >= 0.6 is 11.8 Å². The molecule has 1 atom stereocenters. The highest BCUT2D eigenvalue weighted by atomic mass is 32.2. The van der Waals surface area contributed by atoms with Gasteiger partial charge in [0.2, 0.25) is 5.91 Å². The average molecular weight is 270 g/mol. The molecule has 6 heteroatoms. The number of nitrogens with one attached hydrogen (secondary N) is 2. The molecule has 2 N–H and O–H groups in total. The lowest BCUT2D eigenvalue weighted by Gasteiger charge is -2.16. The monoisotopic (exact) mass is 270 g/mol. The Morgan fingerprint density at radius 1 is 1.50 bits per heavy atom. The lowest BCUT2D eigenvalue weighted by Crippen LogP contribution is -2.47. The molecular weight excluding hydrogens is 252 g/mol. The van der Waals surface area contributed by atoms with E-state index < -0.39 is 6.04 Å². The number of carbonyl (C=O) groups excluding carboxylic acids is 2. The molecule has 0 aliphatic rings. The zero-order valence-corrected chi connectivity index (χ0v) is 11.4. The second kappa shape index (κ2) is 7.81. The summed E-state index contributed by atoms with van der Waals surface area (Å²) in [6, 6.07) is 2.69. The van der Waals surface area contributed by atoms with Crippen molar-refractivity contribution in [3.63, 3.8) is 0 Å². The average Bonchev–Trinajstić information content (AvgIpc) is 2.88. The Hall–Kier alpha value is -1.43. The molecular formula is C12H18N2O3S. The van der Waals surface area contributed by atoms with E-state index in [2.05, 4.69) is 10.6 Å². The van der Waals surface area contributed by atoms with Gasteiger partial charge in [-0.3, -0.25) is 9.59 Å². The van der Waals surface area contributed by atoms with E-state index in [9.17, 15) is 9.59 Å². The molecule has 5 nitrogen and oxygen atoms in total. The molecule has 0 radical (unpaired) electrons. The first kappa shape index (κ1) is 14.6. The van der Waals surface area contributed by atoms with Gasteiger partial charge in [0, 0.05) is 6.54 Å². The van der Waals surface area contributed by atoms with Gasteiger partial charge in [0.15, 0.2) is 5.76 Å². The topological polar surface area (TPSA) is 71.3 Å². The van der Waals surface area contributed by atoms with E-state index in [1.165, 1.54) is 6.26 Å². The van der Waals surface area contributed by atoms with Gasteiger partial charge in [0.1, 0.15) is 6.04 Å². The number of hydrogen-bond acceptors (Lipinski definition) is 4. The largest absolute Gasteiger partial charge is 0.459 e. The third-order valence-corrected chi connectivity index (χ3v) is 2.97. The molecule has 0 aliphatic carbocycles. The summed E-state index contributed by atoms with van der Waals surface area (Å²) in [7, 11) is 0. The zero-order valence-electron chi connectivity index (χ0n) is 10.6. The Morgan fingerprint density at radius 3 is 2.83 bits per heavy atom. The van der Waals surface area contributed by atoms with Crippen LogP contribution in [0.5, 0.6) is 0 Å². The molecule has 1 heterocycles. The molecule has 0 fully saturated rings. The van der Waals surface area contributed by atoms with Crippen LogP contribution in [0.15, 0.2) is 22.8 Å². The molecule has 1 unspecified atom stereocenters. The minimum Gasteiger partial charge on any atom is -0.459 e. The fourth-order valence-electron chi connectivity index (χ4n) is 1.44. The van der Waals surface area contributed by atoms with Crippen LogP contribution < -0.4 is 10.6 Å². The highest BCUT2D eigenvalue weighted by Gasteiger charge is 2.21. The maximum Gasteiger partial charge on any atom is 0.287 e. The maximum atomic E-state index is 11.8. The Labute approximate surface area is 111 Å². The van der Waals surface area contributed by atoms with Crippen molar-refractivity contribution in [2.24, 2.45) is 0 Å². The van der Waals surface area contributed by atoms with Gasteiger partial charge in [-0.15, -0.1) is 0 Å². The molecule has 0 saturated carbocycles. The van der Waals surface area contributed by atoms with Crippen LogP contribution in [0.3, 0.4) is 0 Å². The first-order valence-electron chi connectivity index (χ1n) is 5.80. The Kier molecular flexibility index (Phi) is 6.35. The number of furan rings is 1. The molecule has 1 aromatic rings.